The predicted molar refractivity (Wildman–Crippen MR) is 92.7 cm³/mol. The van der Waals surface area contributed by atoms with Crippen LogP contribution in [0, 0.1) is 0 Å². The second kappa shape index (κ2) is 10.9. The molecule has 2 N–H and O–H groups in total. The first-order valence-electron chi connectivity index (χ1n) is 6.92. The molecule has 0 unspecified atom stereocenters. The van der Waals surface area contributed by atoms with Crippen molar-refractivity contribution in [3.05, 3.63) is 23.7 Å². The van der Waals surface area contributed by atoms with Crippen molar-refractivity contribution >= 4 is 29.1 Å². The van der Waals surface area contributed by atoms with E-state index < -0.39 is 0 Å². The maximum absolute atomic E-state index is 5.75. The van der Waals surface area contributed by atoms with E-state index >= 15 is 0 Å². The minimum Gasteiger partial charge on any atom is -0.464 e. The summed E-state index contributed by atoms with van der Waals surface area (Å²) < 4.78 is 10.7. The van der Waals surface area contributed by atoms with Crippen molar-refractivity contribution in [3.8, 4) is 0 Å². The van der Waals surface area contributed by atoms with Crippen LogP contribution >= 0.6 is 24.0 Å². The zero-order valence-corrected chi connectivity index (χ0v) is 14.6. The fourth-order valence-electron chi connectivity index (χ4n) is 1.64. The number of nitrogens with zero attached hydrogens (tertiary/aromatic N) is 1. The molecule has 0 fully saturated rings. The third-order valence-electron chi connectivity index (χ3n) is 2.56. The van der Waals surface area contributed by atoms with Gasteiger partial charge in [0.05, 0.1) is 18.9 Å². The maximum atomic E-state index is 5.75. The zero-order valence-electron chi connectivity index (χ0n) is 13.0. The first-order valence-corrected chi connectivity index (χ1v) is 8.49. The summed E-state index contributed by atoms with van der Waals surface area (Å²) in [6.07, 6.45) is 0. The second-order valence-electron chi connectivity index (χ2n) is 4.83. The number of hydrogen-bond donors (Lipinski definition) is 2. The molecule has 0 aliphatic heterocycles. The molecular weight excluding hydrogens is 306 g/mol. The highest BCUT2D eigenvalue weighted by Gasteiger charge is 2.03. The predicted octanol–water partition coefficient (Wildman–Crippen LogP) is 1.68. The van der Waals surface area contributed by atoms with Crippen LogP contribution in [0.5, 0.6) is 0 Å². The van der Waals surface area contributed by atoms with Gasteiger partial charge >= 0.3 is 0 Å². The van der Waals surface area contributed by atoms with Crippen LogP contribution < -0.4 is 10.6 Å². The molecule has 7 heteroatoms. The molecule has 1 aromatic heterocycles. The van der Waals surface area contributed by atoms with Crippen molar-refractivity contribution < 1.29 is 9.15 Å². The fourth-order valence-corrected chi connectivity index (χ4v) is 2.59. The summed E-state index contributed by atoms with van der Waals surface area (Å²) in [5.74, 6) is 3.91. The molecule has 120 valence electrons. The molecule has 0 radical (unpaired) electrons. The third-order valence-corrected chi connectivity index (χ3v) is 3.83. The van der Waals surface area contributed by atoms with E-state index in [1.54, 1.807) is 7.11 Å². The normalized spacial score (nSPS) is 10.9. The Hall–Kier alpha value is -0.760. The summed E-state index contributed by atoms with van der Waals surface area (Å²) in [7, 11) is 5.74. The van der Waals surface area contributed by atoms with Gasteiger partial charge in [0.2, 0.25) is 0 Å². The highest BCUT2D eigenvalue weighted by atomic mass is 32.2. The Labute approximate surface area is 136 Å². The molecular formula is C14H25N3O2S2. The van der Waals surface area contributed by atoms with Gasteiger partial charge in [-0.2, -0.15) is 11.8 Å². The first-order chi connectivity index (χ1) is 10.1. The van der Waals surface area contributed by atoms with Crippen molar-refractivity contribution in [2.75, 3.05) is 46.7 Å². The van der Waals surface area contributed by atoms with E-state index in [1.165, 1.54) is 0 Å². The first kappa shape index (κ1) is 18.3. The topological polar surface area (TPSA) is 49.7 Å². The van der Waals surface area contributed by atoms with Crippen molar-refractivity contribution in [2.45, 2.75) is 12.3 Å². The molecule has 0 aliphatic rings. The monoisotopic (exact) mass is 331 g/mol. The number of thiocarbonyl (C=S) groups is 1. The molecule has 0 spiro atoms. The van der Waals surface area contributed by atoms with Crippen molar-refractivity contribution in [1.82, 2.24) is 15.5 Å². The summed E-state index contributed by atoms with van der Waals surface area (Å²) in [4.78, 5) is 2.09. The lowest BCUT2D eigenvalue weighted by atomic mass is 10.4. The van der Waals surface area contributed by atoms with Gasteiger partial charge in [0.15, 0.2) is 5.11 Å². The summed E-state index contributed by atoms with van der Waals surface area (Å²) >= 11 is 6.97. The van der Waals surface area contributed by atoms with Crippen molar-refractivity contribution in [1.29, 1.82) is 0 Å². The van der Waals surface area contributed by atoms with Gasteiger partial charge in [-0.3, -0.25) is 0 Å². The van der Waals surface area contributed by atoms with E-state index in [4.69, 9.17) is 21.4 Å². The second-order valence-corrected chi connectivity index (χ2v) is 6.35. The van der Waals surface area contributed by atoms with E-state index in [0.29, 0.717) is 11.7 Å². The van der Waals surface area contributed by atoms with Gasteiger partial charge in [0.25, 0.3) is 0 Å². The minimum absolute atomic E-state index is 0.657. The van der Waals surface area contributed by atoms with Crippen molar-refractivity contribution in [3.63, 3.8) is 0 Å². The van der Waals surface area contributed by atoms with Crippen LogP contribution in [0.15, 0.2) is 16.5 Å². The Bertz CT molecular complexity index is 411. The molecule has 0 saturated heterocycles. The number of thioether (sulfide) groups is 1. The largest absolute Gasteiger partial charge is 0.464 e. The average molecular weight is 332 g/mol. The fraction of sp³-hybridized carbons (Fsp3) is 0.643. The molecule has 0 aromatic carbocycles. The third kappa shape index (κ3) is 8.98. The lowest BCUT2D eigenvalue weighted by Crippen LogP contribution is -2.38. The maximum Gasteiger partial charge on any atom is 0.166 e. The molecule has 0 bridgehead atoms. The minimum atomic E-state index is 0.657. The van der Waals surface area contributed by atoms with Gasteiger partial charge in [-0.25, -0.2) is 0 Å². The Balaban J connectivity index is 2.06. The zero-order chi connectivity index (χ0) is 15.5. The Morgan fingerprint density at radius 1 is 1.29 bits per heavy atom. The number of methoxy groups -OCH3 is 1. The molecule has 1 heterocycles. The van der Waals surface area contributed by atoms with Crippen LogP contribution in [0.1, 0.15) is 11.5 Å². The van der Waals surface area contributed by atoms with Gasteiger partial charge in [-0.15, -0.1) is 0 Å². The van der Waals surface area contributed by atoms with E-state index in [0.717, 1.165) is 42.7 Å². The Morgan fingerprint density at radius 2 is 2.00 bits per heavy atom. The van der Waals surface area contributed by atoms with E-state index in [-0.39, 0.29) is 0 Å². The summed E-state index contributed by atoms with van der Waals surface area (Å²) in [5.41, 5.74) is 0. The van der Waals surface area contributed by atoms with Gasteiger partial charge in [-0.1, -0.05) is 0 Å². The van der Waals surface area contributed by atoms with Gasteiger partial charge in [-0.05, 0) is 38.4 Å². The Kier molecular flexibility index (Phi) is 9.49. The average Bonchev–Trinajstić information content (AvgIpc) is 2.85. The Morgan fingerprint density at radius 3 is 2.71 bits per heavy atom. The van der Waals surface area contributed by atoms with Gasteiger partial charge < -0.3 is 24.7 Å². The van der Waals surface area contributed by atoms with Crippen molar-refractivity contribution in [2.24, 2.45) is 0 Å². The molecule has 0 aliphatic carbocycles. The highest BCUT2D eigenvalue weighted by Crippen LogP contribution is 2.15. The van der Waals surface area contributed by atoms with E-state index in [2.05, 4.69) is 21.6 Å². The lowest BCUT2D eigenvalue weighted by Gasteiger charge is -2.09. The van der Waals surface area contributed by atoms with Crippen LogP contribution in [-0.4, -0.2) is 56.7 Å². The quantitative estimate of drug-likeness (QED) is 0.500. The number of hydrogen-bond acceptors (Lipinski definition) is 5. The standard InChI is InChI=1S/C14H25N3O2S2/c1-17(2)10-12-4-5-13(19-12)11-21-9-7-16-14(20)15-6-8-18-3/h4-5H,6-11H2,1-3H3,(H2,15,16,20). The summed E-state index contributed by atoms with van der Waals surface area (Å²) in [6.45, 7) is 3.07. The number of nitrogens with one attached hydrogen (secondary N) is 2. The van der Waals surface area contributed by atoms with E-state index in [9.17, 15) is 0 Å². The highest BCUT2D eigenvalue weighted by molar-refractivity contribution is 7.98. The number of ether oxygens (including phenoxy) is 1. The summed E-state index contributed by atoms with van der Waals surface area (Å²) in [5, 5.41) is 6.92. The lowest BCUT2D eigenvalue weighted by molar-refractivity contribution is 0.204. The van der Waals surface area contributed by atoms with Crippen LogP contribution in [0.25, 0.3) is 0 Å². The molecule has 0 atom stereocenters. The van der Waals surface area contributed by atoms with Gasteiger partial charge in [0, 0.05) is 26.0 Å². The van der Waals surface area contributed by atoms with Crippen LogP contribution in [0.2, 0.25) is 0 Å². The van der Waals surface area contributed by atoms with Crippen LogP contribution in [-0.2, 0) is 17.0 Å². The smallest absolute Gasteiger partial charge is 0.166 e. The number of rotatable bonds is 10. The molecule has 1 rings (SSSR count). The van der Waals surface area contributed by atoms with Crippen LogP contribution in [0.4, 0.5) is 0 Å². The molecule has 0 saturated carbocycles. The molecule has 21 heavy (non-hydrogen) atoms. The van der Waals surface area contributed by atoms with Crippen LogP contribution in [0.3, 0.4) is 0 Å². The SMILES string of the molecule is COCCNC(=S)NCCSCc1ccc(CN(C)C)o1. The van der Waals surface area contributed by atoms with Gasteiger partial charge in [0.1, 0.15) is 11.5 Å². The molecule has 1 aromatic rings. The molecule has 5 nitrogen and oxygen atoms in total. The number of furan rings is 1. The van der Waals surface area contributed by atoms with E-state index in [1.807, 2.05) is 31.9 Å². The summed E-state index contributed by atoms with van der Waals surface area (Å²) in [6, 6.07) is 4.10. The molecule has 0 amide bonds.